The smallest absolute Gasteiger partial charge is 0.341 e. The number of fused-ring (bicyclic) bond motifs is 1. The summed E-state index contributed by atoms with van der Waals surface area (Å²) in [4.78, 5) is 26.3. The molecule has 0 aliphatic heterocycles. The van der Waals surface area contributed by atoms with Crippen molar-refractivity contribution in [3.05, 3.63) is 44.8 Å². The van der Waals surface area contributed by atoms with Gasteiger partial charge in [0.2, 0.25) is 0 Å². The number of anilines is 1. The molecule has 1 heterocycles. The van der Waals surface area contributed by atoms with E-state index in [-0.39, 0.29) is 5.91 Å². The Kier molecular flexibility index (Phi) is 5.53. The highest BCUT2D eigenvalue weighted by molar-refractivity contribution is 7.17. The van der Waals surface area contributed by atoms with E-state index in [0.29, 0.717) is 32.8 Å². The van der Waals surface area contributed by atoms with Gasteiger partial charge in [-0.3, -0.25) is 4.79 Å². The minimum absolute atomic E-state index is 0.315. The van der Waals surface area contributed by atoms with Crippen LogP contribution in [0.5, 0.6) is 5.75 Å². The molecular formula is C19H20ClNO4S. The van der Waals surface area contributed by atoms with E-state index in [9.17, 15) is 9.59 Å². The standard InChI is InChI=1S/C19H20ClNO4S/c1-10-4-6-12-15(8-10)26-18(16(12)19(23)25-3)21-17(22)13-9-11(20)5-7-14(13)24-2/h5,7,9-10H,4,6,8H2,1-3H3,(H,21,22)/t10-/m0/s1. The molecule has 0 spiro atoms. The van der Waals surface area contributed by atoms with Gasteiger partial charge in [0.25, 0.3) is 5.91 Å². The van der Waals surface area contributed by atoms with E-state index in [1.807, 2.05) is 0 Å². The van der Waals surface area contributed by atoms with Crippen LogP contribution in [0.1, 0.15) is 44.5 Å². The molecule has 0 saturated heterocycles. The first-order chi connectivity index (χ1) is 12.4. The molecule has 1 amide bonds. The fourth-order valence-corrected chi connectivity index (χ4v) is 4.75. The molecule has 1 N–H and O–H groups in total. The first-order valence-corrected chi connectivity index (χ1v) is 9.51. The van der Waals surface area contributed by atoms with Gasteiger partial charge < -0.3 is 14.8 Å². The van der Waals surface area contributed by atoms with E-state index in [2.05, 4.69) is 12.2 Å². The number of esters is 1. The summed E-state index contributed by atoms with van der Waals surface area (Å²) in [6.07, 6.45) is 2.73. The van der Waals surface area contributed by atoms with Crippen molar-refractivity contribution < 1.29 is 19.1 Å². The lowest BCUT2D eigenvalue weighted by atomic mass is 9.88. The number of amides is 1. The summed E-state index contributed by atoms with van der Waals surface area (Å²) in [5, 5.41) is 3.81. The summed E-state index contributed by atoms with van der Waals surface area (Å²) in [6, 6.07) is 4.84. The number of thiophene rings is 1. The van der Waals surface area contributed by atoms with Crippen molar-refractivity contribution >= 4 is 39.8 Å². The maximum atomic E-state index is 12.8. The molecule has 26 heavy (non-hydrogen) atoms. The lowest BCUT2D eigenvalue weighted by Crippen LogP contribution is -2.16. The van der Waals surface area contributed by atoms with Gasteiger partial charge >= 0.3 is 5.97 Å². The molecule has 2 aromatic rings. The predicted octanol–water partition coefficient (Wildman–Crippen LogP) is 4.57. The van der Waals surface area contributed by atoms with Gasteiger partial charge in [0, 0.05) is 9.90 Å². The highest BCUT2D eigenvalue weighted by atomic mass is 35.5. The summed E-state index contributed by atoms with van der Waals surface area (Å²) >= 11 is 7.46. The van der Waals surface area contributed by atoms with Crippen LogP contribution in [-0.4, -0.2) is 26.1 Å². The monoisotopic (exact) mass is 393 g/mol. The van der Waals surface area contributed by atoms with E-state index in [1.54, 1.807) is 18.2 Å². The number of ether oxygens (including phenoxy) is 2. The second kappa shape index (κ2) is 7.68. The quantitative estimate of drug-likeness (QED) is 0.772. The summed E-state index contributed by atoms with van der Waals surface area (Å²) in [5.74, 6) is 0.177. The van der Waals surface area contributed by atoms with Gasteiger partial charge in [0.05, 0.1) is 25.3 Å². The molecule has 0 unspecified atom stereocenters. The number of benzene rings is 1. The van der Waals surface area contributed by atoms with Crippen molar-refractivity contribution in [2.45, 2.75) is 26.2 Å². The Morgan fingerprint density at radius 2 is 2.08 bits per heavy atom. The van der Waals surface area contributed by atoms with Crippen LogP contribution >= 0.6 is 22.9 Å². The third-order valence-electron chi connectivity index (χ3n) is 4.53. The first-order valence-electron chi connectivity index (χ1n) is 8.32. The first kappa shape index (κ1) is 18.7. The SMILES string of the molecule is COC(=O)c1c(NC(=O)c2cc(Cl)ccc2OC)sc2c1CC[C@H](C)C2. The normalized spacial score (nSPS) is 15.9. The van der Waals surface area contributed by atoms with Gasteiger partial charge in [-0.2, -0.15) is 0 Å². The van der Waals surface area contributed by atoms with Crippen molar-refractivity contribution in [1.82, 2.24) is 0 Å². The Labute approximate surface area is 161 Å². The Balaban J connectivity index is 1.98. The molecule has 1 aliphatic rings. The number of carbonyl (C=O) groups is 2. The van der Waals surface area contributed by atoms with Gasteiger partial charge in [-0.25, -0.2) is 4.79 Å². The van der Waals surface area contributed by atoms with Gasteiger partial charge in [0.1, 0.15) is 10.8 Å². The predicted molar refractivity (Wildman–Crippen MR) is 103 cm³/mol. The van der Waals surface area contributed by atoms with Crippen molar-refractivity contribution in [2.75, 3.05) is 19.5 Å². The number of carbonyl (C=O) groups excluding carboxylic acids is 2. The molecule has 5 nitrogen and oxygen atoms in total. The topological polar surface area (TPSA) is 64.6 Å². The Morgan fingerprint density at radius 1 is 1.31 bits per heavy atom. The zero-order chi connectivity index (χ0) is 18.8. The lowest BCUT2D eigenvalue weighted by Gasteiger charge is -2.18. The molecular weight excluding hydrogens is 374 g/mol. The molecule has 3 rings (SSSR count). The average molecular weight is 394 g/mol. The molecule has 0 fully saturated rings. The van der Waals surface area contributed by atoms with Gasteiger partial charge in [-0.15, -0.1) is 11.3 Å². The summed E-state index contributed by atoms with van der Waals surface area (Å²) in [6.45, 7) is 2.19. The van der Waals surface area contributed by atoms with Crippen molar-refractivity contribution in [1.29, 1.82) is 0 Å². The lowest BCUT2D eigenvalue weighted by molar-refractivity contribution is 0.0601. The molecule has 0 bridgehead atoms. The van der Waals surface area contributed by atoms with E-state index in [1.165, 1.54) is 25.6 Å². The van der Waals surface area contributed by atoms with Crippen LogP contribution in [0.2, 0.25) is 5.02 Å². The molecule has 1 aliphatic carbocycles. The number of halogens is 1. The molecule has 0 saturated carbocycles. The highest BCUT2D eigenvalue weighted by Gasteiger charge is 2.29. The zero-order valence-corrected chi connectivity index (χ0v) is 16.4. The maximum absolute atomic E-state index is 12.8. The van der Waals surface area contributed by atoms with Gasteiger partial charge in [-0.05, 0) is 48.9 Å². The van der Waals surface area contributed by atoms with Crippen molar-refractivity contribution in [3.63, 3.8) is 0 Å². The van der Waals surface area contributed by atoms with E-state index in [4.69, 9.17) is 21.1 Å². The number of rotatable bonds is 4. The van der Waals surface area contributed by atoms with Crippen LogP contribution < -0.4 is 10.1 Å². The second-order valence-electron chi connectivity index (χ2n) is 6.35. The van der Waals surface area contributed by atoms with Crippen molar-refractivity contribution in [2.24, 2.45) is 5.92 Å². The van der Waals surface area contributed by atoms with Crippen LogP contribution in [-0.2, 0) is 17.6 Å². The summed E-state index contributed by atoms with van der Waals surface area (Å²) in [7, 11) is 2.84. The summed E-state index contributed by atoms with van der Waals surface area (Å²) in [5.41, 5.74) is 1.78. The maximum Gasteiger partial charge on any atom is 0.341 e. The highest BCUT2D eigenvalue weighted by Crippen LogP contribution is 2.40. The molecule has 1 aromatic heterocycles. The van der Waals surface area contributed by atoms with E-state index >= 15 is 0 Å². The van der Waals surface area contributed by atoms with Crippen molar-refractivity contribution in [3.8, 4) is 5.75 Å². The Bertz CT molecular complexity index is 861. The van der Waals surface area contributed by atoms with Crippen LogP contribution in [0.4, 0.5) is 5.00 Å². The Morgan fingerprint density at radius 3 is 2.77 bits per heavy atom. The number of methoxy groups -OCH3 is 2. The third kappa shape index (κ3) is 3.57. The van der Waals surface area contributed by atoms with Gasteiger partial charge in [-0.1, -0.05) is 18.5 Å². The molecule has 7 heteroatoms. The number of nitrogens with one attached hydrogen (secondary N) is 1. The summed E-state index contributed by atoms with van der Waals surface area (Å²) < 4.78 is 10.2. The third-order valence-corrected chi connectivity index (χ3v) is 5.94. The van der Waals surface area contributed by atoms with E-state index in [0.717, 1.165) is 29.7 Å². The number of hydrogen-bond donors (Lipinski definition) is 1. The van der Waals surface area contributed by atoms with Crippen LogP contribution in [0.25, 0.3) is 0 Å². The van der Waals surface area contributed by atoms with Crippen LogP contribution in [0.3, 0.4) is 0 Å². The Hall–Kier alpha value is -2.05. The fraction of sp³-hybridized carbons (Fsp3) is 0.368. The largest absolute Gasteiger partial charge is 0.496 e. The molecule has 0 radical (unpaired) electrons. The van der Waals surface area contributed by atoms with Crippen LogP contribution in [0, 0.1) is 5.92 Å². The van der Waals surface area contributed by atoms with E-state index < -0.39 is 5.97 Å². The molecule has 1 aromatic carbocycles. The second-order valence-corrected chi connectivity index (χ2v) is 7.89. The zero-order valence-electron chi connectivity index (χ0n) is 14.8. The van der Waals surface area contributed by atoms with Gasteiger partial charge in [0.15, 0.2) is 0 Å². The fourth-order valence-electron chi connectivity index (χ4n) is 3.18. The minimum Gasteiger partial charge on any atom is -0.496 e. The average Bonchev–Trinajstić information content (AvgIpc) is 2.97. The molecule has 138 valence electrons. The minimum atomic E-state index is -0.426. The number of hydrogen-bond acceptors (Lipinski definition) is 5. The van der Waals surface area contributed by atoms with Crippen LogP contribution in [0.15, 0.2) is 18.2 Å². The molecule has 1 atom stereocenters.